The second-order valence-electron chi connectivity index (χ2n) is 3.65. The molecule has 1 aromatic heterocycles. The summed E-state index contributed by atoms with van der Waals surface area (Å²) < 4.78 is 42.6. The Morgan fingerprint density at radius 3 is 2.22 bits per heavy atom. The van der Waals surface area contributed by atoms with Crippen LogP contribution in [0.3, 0.4) is 0 Å². The minimum absolute atomic E-state index is 0.370. The molecule has 2 rings (SSSR count). The van der Waals surface area contributed by atoms with Crippen molar-refractivity contribution in [3.05, 3.63) is 34.2 Å². The molecule has 0 amide bonds. The van der Waals surface area contributed by atoms with Gasteiger partial charge in [-0.2, -0.15) is 13.2 Å². The van der Waals surface area contributed by atoms with Crippen molar-refractivity contribution >= 4 is 11.3 Å². The first-order valence-corrected chi connectivity index (χ1v) is 5.92. The molecule has 0 unspecified atom stereocenters. The standard InChI is InChI=1S/C12H10F3NOS/c1-7-10(16-11(18-7)12(13,14)15)8-3-5-9(17-2)6-4-8/h3-6H,1-2H3. The van der Waals surface area contributed by atoms with Gasteiger partial charge in [-0.05, 0) is 31.2 Å². The topological polar surface area (TPSA) is 22.1 Å². The molecule has 1 aromatic carbocycles. The fourth-order valence-electron chi connectivity index (χ4n) is 1.53. The number of hydrogen-bond donors (Lipinski definition) is 0. The Morgan fingerprint density at radius 2 is 1.78 bits per heavy atom. The van der Waals surface area contributed by atoms with E-state index in [0.29, 0.717) is 33.2 Å². The molecule has 0 N–H and O–H groups in total. The lowest BCUT2D eigenvalue weighted by Gasteiger charge is -2.02. The van der Waals surface area contributed by atoms with Gasteiger partial charge in [0.15, 0.2) is 5.01 Å². The van der Waals surface area contributed by atoms with Crippen molar-refractivity contribution in [1.29, 1.82) is 0 Å². The third-order valence-corrected chi connectivity index (χ3v) is 3.42. The van der Waals surface area contributed by atoms with Gasteiger partial charge < -0.3 is 4.74 Å². The summed E-state index contributed by atoms with van der Waals surface area (Å²) in [6.07, 6.45) is -4.39. The fraction of sp³-hybridized carbons (Fsp3) is 0.250. The minimum Gasteiger partial charge on any atom is -0.497 e. The molecule has 0 saturated carbocycles. The van der Waals surface area contributed by atoms with E-state index in [1.165, 1.54) is 7.11 Å². The van der Waals surface area contributed by atoms with Crippen LogP contribution in [0.4, 0.5) is 13.2 Å². The molecule has 0 aliphatic rings. The summed E-state index contributed by atoms with van der Waals surface area (Å²) >= 11 is 0.659. The Kier molecular flexibility index (Phi) is 3.30. The summed E-state index contributed by atoms with van der Waals surface area (Å²) in [7, 11) is 1.53. The summed E-state index contributed by atoms with van der Waals surface area (Å²) in [5.41, 5.74) is 1.02. The predicted octanol–water partition coefficient (Wildman–Crippen LogP) is 4.15. The van der Waals surface area contributed by atoms with Crippen molar-refractivity contribution in [3.63, 3.8) is 0 Å². The van der Waals surface area contributed by atoms with Gasteiger partial charge in [0.1, 0.15) is 5.75 Å². The van der Waals surface area contributed by atoms with Crippen LogP contribution in [0.5, 0.6) is 5.75 Å². The lowest BCUT2D eigenvalue weighted by molar-refractivity contribution is -0.137. The maximum Gasteiger partial charge on any atom is 0.443 e. The molecule has 0 saturated heterocycles. The number of aryl methyl sites for hydroxylation is 1. The number of thiazole rings is 1. The first-order valence-electron chi connectivity index (χ1n) is 5.11. The zero-order chi connectivity index (χ0) is 13.3. The van der Waals surface area contributed by atoms with Crippen LogP contribution in [0.2, 0.25) is 0 Å². The van der Waals surface area contributed by atoms with Crippen LogP contribution in [-0.2, 0) is 6.18 Å². The number of ether oxygens (including phenoxy) is 1. The smallest absolute Gasteiger partial charge is 0.443 e. The highest BCUT2D eigenvalue weighted by Crippen LogP contribution is 2.37. The van der Waals surface area contributed by atoms with Gasteiger partial charge in [0, 0.05) is 10.4 Å². The fourth-order valence-corrected chi connectivity index (χ4v) is 2.34. The molecule has 0 aliphatic carbocycles. The molecule has 18 heavy (non-hydrogen) atoms. The van der Waals surface area contributed by atoms with E-state index >= 15 is 0 Å². The average Bonchev–Trinajstić information content (AvgIpc) is 2.71. The van der Waals surface area contributed by atoms with Gasteiger partial charge in [0.25, 0.3) is 0 Å². The van der Waals surface area contributed by atoms with Crippen LogP contribution in [0, 0.1) is 6.92 Å². The molecule has 0 fully saturated rings. The number of methoxy groups -OCH3 is 1. The molecular formula is C12H10F3NOS. The summed E-state index contributed by atoms with van der Waals surface area (Å²) in [5, 5.41) is -0.814. The van der Waals surface area contributed by atoms with E-state index in [2.05, 4.69) is 4.98 Å². The number of aromatic nitrogens is 1. The number of hydrogen-bond acceptors (Lipinski definition) is 3. The summed E-state index contributed by atoms with van der Waals surface area (Å²) in [6, 6.07) is 6.78. The zero-order valence-electron chi connectivity index (χ0n) is 9.71. The van der Waals surface area contributed by atoms with Gasteiger partial charge in [-0.25, -0.2) is 4.98 Å². The third-order valence-electron chi connectivity index (χ3n) is 2.40. The lowest BCUT2D eigenvalue weighted by Crippen LogP contribution is -2.03. The van der Waals surface area contributed by atoms with Crippen molar-refractivity contribution in [2.75, 3.05) is 7.11 Å². The Balaban J connectivity index is 2.41. The maximum atomic E-state index is 12.5. The van der Waals surface area contributed by atoms with Gasteiger partial charge in [-0.3, -0.25) is 0 Å². The molecular weight excluding hydrogens is 263 g/mol. The highest BCUT2D eigenvalue weighted by atomic mass is 32.1. The molecule has 2 nitrogen and oxygen atoms in total. The molecule has 2 aromatic rings. The van der Waals surface area contributed by atoms with Crippen LogP contribution in [0.25, 0.3) is 11.3 Å². The number of halogens is 3. The van der Waals surface area contributed by atoms with Crippen LogP contribution >= 0.6 is 11.3 Å². The minimum atomic E-state index is -4.39. The number of nitrogens with zero attached hydrogens (tertiary/aromatic N) is 1. The van der Waals surface area contributed by atoms with Crippen LogP contribution in [0.15, 0.2) is 24.3 Å². The van der Waals surface area contributed by atoms with E-state index in [1.807, 2.05) is 0 Å². The van der Waals surface area contributed by atoms with Gasteiger partial charge in [-0.15, -0.1) is 11.3 Å². The third kappa shape index (κ3) is 2.48. The summed E-state index contributed by atoms with van der Waals surface area (Å²) in [5.74, 6) is 0.655. The van der Waals surface area contributed by atoms with Crippen molar-refractivity contribution in [2.24, 2.45) is 0 Å². The van der Waals surface area contributed by atoms with E-state index < -0.39 is 11.2 Å². The van der Waals surface area contributed by atoms with E-state index in [-0.39, 0.29) is 0 Å². The molecule has 96 valence electrons. The van der Waals surface area contributed by atoms with Gasteiger partial charge in [-0.1, -0.05) is 0 Å². The van der Waals surface area contributed by atoms with E-state index in [0.717, 1.165) is 0 Å². The zero-order valence-corrected chi connectivity index (χ0v) is 10.5. The van der Waals surface area contributed by atoms with Gasteiger partial charge in [0.2, 0.25) is 0 Å². The van der Waals surface area contributed by atoms with Crippen molar-refractivity contribution in [3.8, 4) is 17.0 Å². The van der Waals surface area contributed by atoms with E-state index in [1.54, 1.807) is 31.2 Å². The molecule has 0 atom stereocenters. The molecule has 0 bridgehead atoms. The summed E-state index contributed by atoms with van der Waals surface area (Å²) in [4.78, 5) is 4.21. The number of alkyl halides is 3. The normalized spacial score (nSPS) is 11.6. The summed E-state index contributed by atoms with van der Waals surface area (Å²) in [6.45, 7) is 1.63. The van der Waals surface area contributed by atoms with E-state index in [4.69, 9.17) is 4.74 Å². The van der Waals surface area contributed by atoms with Gasteiger partial charge in [0.05, 0.1) is 12.8 Å². The highest BCUT2D eigenvalue weighted by molar-refractivity contribution is 7.12. The number of benzene rings is 1. The Labute approximate surface area is 106 Å². The Bertz CT molecular complexity index is 545. The molecule has 1 heterocycles. The van der Waals surface area contributed by atoms with Gasteiger partial charge >= 0.3 is 6.18 Å². The predicted molar refractivity (Wildman–Crippen MR) is 63.8 cm³/mol. The largest absolute Gasteiger partial charge is 0.497 e. The van der Waals surface area contributed by atoms with Crippen LogP contribution in [0.1, 0.15) is 9.88 Å². The quantitative estimate of drug-likeness (QED) is 0.820. The first kappa shape index (κ1) is 12.9. The molecule has 0 spiro atoms. The molecule has 0 radical (unpaired) electrons. The SMILES string of the molecule is COc1ccc(-c2nc(C(F)(F)F)sc2C)cc1. The van der Waals surface area contributed by atoms with Crippen molar-refractivity contribution in [1.82, 2.24) is 4.98 Å². The highest BCUT2D eigenvalue weighted by Gasteiger charge is 2.35. The van der Waals surface area contributed by atoms with Crippen molar-refractivity contribution in [2.45, 2.75) is 13.1 Å². The monoisotopic (exact) mass is 273 g/mol. The second-order valence-corrected chi connectivity index (χ2v) is 4.85. The number of rotatable bonds is 2. The molecule has 0 aliphatic heterocycles. The maximum absolute atomic E-state index is 12.5. The van der Waals surface area contributed by atoms with Crippen molar-refractivity contribution < 1.29 is 17.9 Å². The average molecular weight is 273 g/mol. The lowest BCUT2D eigenvalue weighted by atomic mass is 10.1. The van der Waals surface area contributed by atoms with Crippen LogP contribution < -0.4 is 4.74 Å². The molecule has 6 heteroatoms. The first-order chi connectivity index (χ1) is 8.41. The second kappa shape index (κ2) is 4.61. The Hall–Kier alpha value is -1.56. The van der Waals surface area contributed by atoms with E-state index in [9.17, 15) is 13.2 Å². The van der Waals surface area contributed by atoms with Crippen LogP contribution in [-0.4, -0.2) is 12.1 Å². The Morgan fingerprint density at radius 1 is 1.17 bits per heavy atom.